The molecule has 1 aromatic carbocycles. The Morgan fingerprint density at radius 1 is 1.16 bits per heavy atom. The molecule has 0 fully saturated rings. The quantitative estimate of drug-likeness (QED) is 0.803. The number of amides is 1. The number of carbonyl (C=O) groups is 1. The van der Waals surface area contributed by atoms with Crippen molar-refractivity contribution in [3.63, 3.8) is 0 Å². The highest BCUT2D eigenvalue weighted by atomic mass is 16.6. The Morgan fingerprint density at radius 3 is 2.26 bits per heavy atom. The van der Waals surface area contributed by atoms with Gasteiger partial charge in [0.15, 0.2) is 0 Å². The summed E-state index contributed by atoms with van der Waals surface area (Å²) in [5, 5.41) is 0. The van der Waals surface area contributed by atoms with Crippen LogP contribution in [0.4, 0.5) is 4.79 Å². The molecule has 0 N–H and O–H groups in total. The lowest BCUT2D eigenvalue weighted by Crippen LogP contribution is -2.42. The molecular formula is C16H23NO2. The molecule has 1 rings (SSSR count). The minimum Gasteiger partial charge on any atom is -0.445 e. The van der Waals surface area contributed by atoms with Crippen molar-refractivity contribution in [1.29, 1.82) is 0 Å². The van der Waals surface area contributed by atoms with Gasteiger partial charge in [0.1, 0.15) is 6.61 Å². The molecule has 0 aromatic heterocycles. The summed E-state index contributed by atoms with van der Waals surface area (Å²) < 4.78 is 5.25. The van der Waals surface area contributed by atoms with Crippen molar-refractivity contribution in [3.8, 4) is 0 Å². The standard InChI is InChI=1S/C16H23NO2/c1-13(2)17(14(3)4)16(18)19-12-8-11-15-9-6-5-7-10-15/h5-11,13-14H,12H2,1-4H3/b11-8+. The fourth-order valence-corrected chi connectivity index (χ4v) is 1.96. The average molecular weight is 261 g/mol. The van der Waals surface area contributed by atoms with Crippen molar-refractivity contribution >= 4 is 12.2 Å². The van der Waals surface area contributed by atoms with Crippen LogP contribution in [-0.2, 0) is 4.74 Å². The third-order valence-corrected chi connectivity index (χ3v) is 2.74. The molecule has 1 aromatic rings. The fraction of sp³-hybridized carbons (Fsp3) is 0.438. The molecule has 0 saturated carbocycles. The van der Waals surface area contributed by atoms with Crippen molar-refractivity contribution in [3.05, 3.63) is 42.0 Å². The summed E-state index contributed by atoms with van der Waals surface area (Å²) in [4.78, 5) is 13.6. The minimum atomic E-state index is -0.261. The average Bonchev–Trinajstić information content (AvgIpc) is 2.35. The van der Waals surface area contributed by atoms with Crippen LogP contribution in [0, 0.1) is 0 Å². The maximum Gasteiger partial charge on any atom is 0.410 e. The Kier molecular flexibility index (Phi) is 6.13. The number of benzene rings is 1. The molecule has 104 valence electrons. The molecule has 0 aliphatic rings. The summed E-state index contributed by atoms with van der Waals surface area (Å²) in [5.74, 6) is 0. The van der Waals surface area contributed by atoms with Gasteiger partial charge in [0.2, 0.25) is 0 Å². The van der Waals surface area contributed by atoms with Crippen LogP contribution >= 0.6 is 0 Å². The van der Waals surface area contributed by atoms with Gasteiger partial charge in [-0.1, -0.05) is 36.4 Å². The van der Waals surface area contributed by atoms with E-state index < -0.39 is 0 Å². The first-order valence-electron chi connectivity index (χ1n) is 6.69. The van der Waals surface area contributed by atoms with E-state index in [-0.39, 0.29) is 18.2 Å². The number of nitrogens with zero attached hydrogens (tertiary/aromatic N) is 1. The molecule has 3 nitrogen and oxygen atoms in total. The Balaban J connectivity index is 2.44. The number of hydrogen-bond donors (Lipinski definition) is 0. The van der Waals surface area contributed by atoms with Crippen LogP contribution in [0.25, 0.3) is 6.08 Å². The van der Waals surface area contributed by atoms with E-state index >= 15 is 0 Å². The van der Waals surface area contributed by atoms with Crippen LogP contribution in [0.2, 0.25) is 0 Å². The van der Waals surface area contributed by atoms with Crippen molar-refractivity contribution in [2.24, 2.45) is 0 Å². The van der Waals surface area contributed by atoms with Gasteiger partial charge in [-0.15, -0.1) is 0 Å². The zero-order chi connectivity index (χ0) is 14.3. The maximum atomic E-state index is 11.9. The van der Waals surface area contributed by atoms with E-state index in [1.165, 1.54) is 0 Å². The van der Waals surface area contributed by atoms with E-state index in [1.54, 1.807) is 4.90 Å². The van der Waals surface area contributed by atoms with E-state index in [4.69, 9.17) is 4.74 Å². The second-order valence-corrected chi connectivity index (χ2v) is 4.98. The highest BCUT2D eigenvalue weighted by Crippen LogP contribution is 2.07. The van der Waals surface area contributed by atoms with E-state index in [9.17, 15) is 4.79 Å². The fourth-order valence-electron chi connectivity index (χ4n) is 1.96. The molecule has 19 heavy (non-hydrogen) atoms. The Morgan fingerprint density at radius 2 is 1.74 bits per heavy atom. The topological polar surface area (TPSA) is 29.5 Å². The van der Waals surface area contributed by atoms with Crippen molar-refractivity contribution in [2.45, 2.75) is 39.8 Å². The summed E-state index contributed by atoms with van der Waals surface area (Å²) in [6, 6.07) is 10.2. The van der Waals surface area contributed by atoms with E-state index in [0.717, 1.165) is 5.56 Å². The van der Waals surface area contributed by atoms with Crippen molar-refractivity contribution < 1.29 is 9.53 Å². The lowest BCUT2D eigenvalue weighted by atomic mass is 10.2. The number of carbonyl (C=O) groups excluding carboxylic acids is 1. The molecule has 0 unspecified atom stereocenters. The van der Waals surface area contributed by atoms with Crippen molar-refractivity contribution in [1.82, 2.24) is 4.90 Å². The van der Waals surface area contributed by atoms with Crippen LogP contribution in [0.15, 0.2) is 36.4 Å². The molecule has 0 atom stereocenters. The number of rotatable bonds is 5. The van der Waals surface area contributed by atoms with Crippen LogP contribution in [0.5, 0.6) is 0 Å². The predicted octanol–water partition coefficient (Wildman–Crippen LogP) is 3.96. The molecule has 0 radical (unpaired) electrons. The van der Waals surface area contributed by atoms with Gasteiger partial charge < -0.3 is 9.64 Å². The normalized spacial score (nSPS) is 11.3. The molecule has 0 aliphatic heterocycles. The van der Waals surface area contributed by atoms with Crippen LogP contribution in [0.3, 0.4) is 0 Å². The highest BCUT2D eigenvalue weighted by molar-refractivity contribution is 5.68. The number of hydrogen-bond acceptors (Lipinski definition) is 2. The zero-order valence-corrected chi connectivity index (χ0v) is 12.2. The second kappa shape index (κ2) is 7.62. The summed E-state index contributed by atoms with van der Waals surface area (Å²) in [6.45, 7) is 8.24. The lowest BCUT2D eigenvalue weighted by molar-refractivity contribution is 0.0877. The third-order valence-electron chi connectivity index (χ3n) is 2.74. The molecular weight excluding hydrogens is 238 g/mol. The molecule has 0 heterocycles. The molecule has 0 saturated heterocycles. The predicted molar refractivity (Wildman–Crippen MR) is 78.9 cm³/mol. The summed E-state index contributed by atoms with van der Waals surface area (Å²) >= 11 is 0. The van der Waals surface area contributed by atoms with Crippen LogP contribution in [0.1, 0.15) is 33.3 Å². The van der Waals surface area contributed by atoms with Gasteiger partial charge in [-0.2, -0.15) is 0 Å². The Labute approximate surface area is 115 Å². The zero-order valence-electron chi connectivity index (χ0n) is 12.2. The Hall–Kier alpha value is -1.77. The molecule has 1 amide bonds. The third kappa shape index (κ3) is 5.16. The van der Waals surface area contributed by atoms with Crippen LogP contribution < -0.4 is 0 Å². The molecule has 3 heteroatoms. The maximum absolute atomic E-state index is 11.9. The molecule has 0 bridgehead atoms. The minimum absolute atomic E-state index is 0.144. The molecule has 0 aliphatic carbocycles. The van der Waals surface area contributed by atoms with Gasteiger partial charge in [0, 0.05) is 12.1 Å². The van der Waals surface area contributed by atoms with E-state index in [0.29, 0.717) is 6.61 Å². The largest absolute Gasteiger partial charge is 0.445 e. The van der Waals surface area contributed by atoms with Gasteiger partial charge in [0.25, 0.3) is 0 Å². The van der Waals surface area contributed by atoms with Gasteiger partial charge in [-0.3, -0.25) is 0 Å². The SMILES string of the molecule is CC(C)N(C(=O)OC/C=C/c1ccccc1)C(C)C. The van der Waals surface area contributed by atoms with Gasteiger partial charge >= 0.3 is 6.09 Å². The highest BCUT2D eigenvalue weighted by Gasteiger charge is 2.20. The molecule has 0 spiro atoms. The van der Waals surface area contributed by atoms with Gasteiger partial charge in [0.05, 0.1) is 0 Å². The summed E-state index contributed by atoms with van der Waals surface area (Å²) in [5.41, 5.74) is 1.10. The number of ether oxygens (including phenoxy) is 1. The summed E-state index contributed by atoms with van der Waals surface area (Å²) in [7, 11) is 0. The monoisotopic (exact) mass is 261 g/mol. The van der Waals surface area contributed by atoms with E-state index in [1.807, 2.05) is 70.2 Å². The lowest BCUT2D eigenvalue weighted by Gasteiger charge is -2.29. The second-order valence-electron chi connectivity index (χ2n) is 4.98. The first-order chi connectivity index (χ1) is 9.02. The van der Waals surface area contributed by atoms with E-state index in [2.05, 4.69) is 0 Å². The van der Waals surface area contributed by atoms with Crippen LogP contribution in [-0.4, -0.2) is 29.7 Å². The van der Waals surface area contributed by atoms with Crippen molar-refractivity contribution in [2.75, 3.05) is 6.61 Å². The van der Waals surface area contributed by atoms with Gasteiger partial charge in [-0.25, -0.2) is 4.79 Å². The Bertz CT molecular complexity index is 402. The van der Waals surface area contributed by atoms with Gasteiger partial charge in [-0.05, 0) is 39.3 Å². The first kappa shape index (κ1) is 15.3. The summed E-state index contributed by atoms with van der Waals surface area (Å²) in [6.07, 6.45) is 3.54. The smallest absolute Gasteiger partial charge is 0.410 e. The first-order valence-corrected chi connectivity index (χ1v) is 6.69.